The minimum Gasteiger partial charge on any atom is -0.362 e. The number of nitrogens with one attached hydrogen (secondary N) is 1. The van der Waals surface area contributed by atoms with Crippen molar-refractivity contribution in [3.63, 3.8) is 0 Å². The van der Waals surface area contributed by atoms with Crippen LogP contribution in [0, 0.1) is 5.82 Å². The molecular formula is C22H24F4N2O2. The molecule has 2 aromatic carbocycles. The zero-order chi connectivity index (χ0) is 22.1. The highest BCUT2D eigenvalue weighted by Crippen LogP contribution is 2.39. The third-order valence-corrected chi connectivity index (χ3v) is 4.65. The van der Waals surface area contributed by atoms with E-state index < -0.39 is 35.3 Å². The van der Waals surface area contributed by atoms with Gasteiger partial charge in [-0.2, -0.15) is 13.2 Å². The number of carbonyl (C=O) groups is 1. The molecule has 1 saturated heterocycles. The fourth-order valence-corrected chi connectivity index (χ4v) is 3.24. The molecule has 1 unspecified atom stereocenters. The molecule has 0 spiro atoms. The first-order chi connectivity index (χ1) is 13.9. The lowest BCUT2D eigenvalue weighted by Crippen LogP contribution is -2.60. The van der Waals surface area contributed by atoms with Gasteiger partial charge in [0.1, 0.15) is 11.9 Å². The summed E-state index contributed by atoms with van der Waals surface area (Å²) in [6.07, 6.45) is -6.21. The number of carbonyl (C=O) groups excluding carboxylic acids is 1. The summed E-state index contributed by atoms with van der Waals surface area (Å²) in [7, 11) is 0. The van der Waals surface area contributed by atoms with Gasteiger partial charge in [0.25, 0.3) is 0 Å². The van der Waals surface area contributed by atoms with Gasteiger partial charge >= 0.3 is 12.2 Å². The van der Waals surface area contributed by atoms with Crippen molar-refractivity contribution in [2.75, 3.05) is 13.1 Å². The Morgan fingerprint density at radius 3 is 2.30 bits per heavy atom. The van der Waals surface area contributed by atoms with Gasteiger partial charge < -0.3 is 15.0 Å². The van der Waals surface area contributed by atoms with Crippen molar-refractivity contribution < 1.29 is 27.1 Å². The number of halogens is 4. The predicted molar refractivity (Wildman–Crippen MR) is 104 cm³/mol. The molecule has 0 bridgehead atoms. The van der Waals surface area contributed by atoms with Crippen molar-refractivity contribution in [2.45, 2.75) is 44.7 Å². The van der Waals surface area contributed by atoms with Crippen LogP contribution in [0.4, 0.5) is 22.4 Å². The van der Waals surface area contributed by atoms with Gasteiger partial charge in [-0.1, -0.05) is 36.4 Å². The second-order valence-electron chi connectivity index (χ2n) is 8.36. The zero-order valence-corrected chi connectivity index (χ0v) is 17.0. The molecule has 2 amide bonds. The predicted octanol–water partition coefficient (Wildman–Crippen LogP) is 5.14. The highest BCUT2D eigenvalue weighted by atomic mass is 19.4. The Bertz CT molecular complexity index is 888. The molecule has 1 atom stereocenters. The van der Waals surface area contributed by atoms with Crippen LogP contribution in [-0.4, -0.2) is 35.7 Å². The Kier molecular flexibility index (Phi) is 6.08. The Labute approximate surface area is 172 Å². The number of urea groups is 1. The summed E-state index contributed by atoms with van der Waals surface area (Å²) >= 11 is 0. The molecular weight excluding hydrogens is 400 g/mol. The minimum atomic E-state index is -4.73. The average molecular weight is 424 g/mol. The molecule has 4 nitrogen and oxygen atoms in total. The van der Waals surface area contributed by atoms with Gasteiger partial charge in [0.2, 0.25) is 0 Å². The van der Waals surface area contributed by atoms with Gasteiger partial charge in [0.05, 0.1) is 24.8 Å². The van der Waals surface area contributed by atoms with Gasteiger partial charge in [-0.15, -0.1) is 0 Å². The van der Waals surface area contributed by atoms with E-state index in [0.717, 1.165) is 12.1 Å². The van der Waals surface area contributed by atoms with Gasteiger partial charge in [-0.05, 0) is 44.0 Å². The van der Waals surface area contributed by atoms with Gasteiger partial charge in [-0.25, -0.2) is 9.18 Å². The first kappa shape index (κ1) is 22.1. The van der Waals surface area contributed by atoms with Crippen LogP contribution in [0.15, 0.2) is 48.5 Å². The fourth-order valence-electron chi connectivity index (χ4n) is 3.24. The Hall–Kier alpha value is -2.61. The molecule has 0 aromatic heterocycles. The highest BCUT2D eigenvalue weighted by molar-refractivity contribution is 5.75. The number of benzene rings is 2. The molecule has 1 aliphatic rings. The van der Waals surface area contributed by atoms with E-state index in [0.29, 0.717) is 11.6 Å². The first-order valence-corrected chi connectivity index (χ1v) is 9.58. The smallest absolute Gasteiger partial charge is 0.362 e. The molecule has 30 heavy (non-hydrogen) atoms. The quantitative estimate of drug-likeness (QED) is 0.691. The monoisotopic (exact) mass is 424 g/mol. The van der Waals surface area contributed by atoms with Crippen molar-refractivity contribution in [1.29, 1.82) is 0 Å². The van der Waals surface area contributed by atoms with Crippen LogP contribution >= 0.6 is 0 Å². The Balaban J connectivity index is 1.83. The van der Waals surface area contributed by atoms with Gasteiger partial charge in [0.15, 0.2) is 0 Å². The topological polar surface area (TPSA) is 41.6 Å². The number of likely N-dealkylation sites (tertiary alicyclic amines) is 1. The van der Waals surface area contributed by atoms with E-state index in [2.05, 4.69) is 5.32 Å². The Morgan fingerprint density at radius 1 is 1.10 bits per heavy atom. The van der Waals surface area contributed by atoms with Crippen LogP contribution in [0.25, 0.3) is 0 Å². The van der Waals surface area contributed by atoms with Crippen molar-refractivity contribution in [3.8, 4) is 0 Å². The second-order valence-corrected chi connectivity index (χ2v) is 8.36. The molecule has 2 aromatic rings. The maximum absolute atomic E-state index is 13.6. The maximum atomic E-state index is 13.6. The second kappa shape index (κ2) is 8.26. The molecule has 0 aliphatic carbocycles. The normalized spacial score (nSPS) is 16.2. The van der Waals surface area contributed by atoms with E-state index in [1.165, 1.54) is 4.90 Å². The van der Waals surface area contributed by atoms with E-state index in [9.17, 15) is 22.4 Å². The standard InChI is InChI=1S/C22H24F4N2O2/c1-21(2,3)27-20(29)28-12-16(13-28)30-19(14-7-5-4-6-8-14)17-10-9-15(23)11-18(17)22(24,25)26/h4-11,16,19H,12-13H2,1-3H3,(H,27,29). The third-order valence-electron chi connectivity index (χ3n) is 4.65. The lowest BCUT2D eigenvalue weighted by molar-refractivity contribution is -0.140. The summed E-state index contributed by atoms with van der Waals surface area (Å²) in [5.74, 6) is -0.966. The van der Waals surface area contributed by atoms with Crippen molar-refractivity contribution in [3.05, 3.63) is 71.0 Å². The number of alkyl halides is 3. The molecule has 3 rings (SSSR count). The van der Waals surface area contributed by atoms with Crippen molar-refractivity contribution in [1.82, 2.24) is 10.2 Å². The molecule has 8 heteroatoms. The lowest BCUT2D eigenvalue weighted by atomic mass is 9.95. The largest absolute Gasteiger partial charge is 0.416 e. The fraction of sp³-hybridized carbons (Fsp3) is 0.409. The molecule has 1 N–H and O–H groups in total. The van der Waals surface area contributed by atoms with Crippen molar-refractivity contribution >= 4 is 6.03 Å². The number of rotatable bonds is 4. The average Bonchev–Trinajstić information content (AvgIpc) is 2.59. The number of hydrogen-bond donors (Lipinski definition) is 1. The van der Waals surface area contributed by atoms with Crippen LogP contribution in [0.2, 0.25) is 0 Å². The Morgan fingerprint density at radius 2 is 1.73 bits per heavy atom. The van der Waals surface area contributed by atoms with Crippen LogP contribution < -0.4 is 5.32 Å². The van der Waals surface area contributed by atoms with Gasteiger partial charge in [0, 0.05) is 5.54 Å². The molecule has 0 saturated carbocycles. The van der Waals surface area contributed by atoms with Crippen LogP contribution in [-0.2, 0) is 10.9 Å². The number of nitrogens with zero attached hydrogens (tertiary/aromatic N) is 1. The maximum Gasteiger partial charge on any atom is 0.416 e. The van der Waals surface area contributed by atoms with Gasteiger partial charge in [-0.3, -0.25) is 0 Å². The van der Waals surface area contributed by atoms with E-state index in [1.807, 2.05) is 20.8 Å². The summed E-state index contributed by atoms with van der Waals surface area (Å²) in [5.41, 5.74) is -1.11. The molecule has 1 fully saturated rings. The van der Waals surface area contributed by atoms with Crippen molar-refractivity contribution in [2.24, 2.45) is 0 Å². The van der Waals surface area contributed by atoms with Crippen LogP contribution in [0.3, 0.4) is 0 Å². The minimum absolute atomic E-state index is 0.160. The molecule has 1 heterocycles. The van der Waals surface area contributed by atoms with E-state index in [1.54, 1.807) is 30.3 Å². The number of ether oxygens (including phenoxy) is 1. The summed E-state index contributed by atoms with van der Waals surface area (Å²) in [6.45, 7) is 6.09. The zero-order valence-electron chi connectivity index (χ0n) is 17.0. The molecule has 0 radical (unpaired) electrons. The first-order valence-electron chi connectivity index (χ1n) is 9.58. The molecule has 162 valence electrons. The summed E-state index contributed by atoms with van der Waals surface area (Å²) in [5, 5.41) is 2.83. The summed E-state index contributed by atoms with van der Waals surface area (Å²) in [6, 6.07) is 10.8. The summed E-state index contributed by atoms with van der Waals surface area (Å²) in [4.78, 5) is 13.7. The van der Waals surface area contributed by atoms with E-state index in [4.69, 9.17) is 4.74 Å². The summed E-state index contributed by atoms with van der Waals surface area (Å²) < 4.78 is 60.3. The molecule has 1 aliphatic heterocycles. The van der Waals surface area contributed by atoms with E-state index >= 15 is 0 Å². The van der Waals surface area contributed by atoms with Crippen LogP contribution in [0.1, 0.15) is 43.6 Å². The highest BCUT2D eigenvalue weighted by Gasteiger charge is 2.39. The number of hydrogen-bond acceptors (Lipinski definition) is 2. The SMILES string of the molecule is CC(C)(C)NC(=O)N1CC(OC(c2ccccc2)c2ccc(F)cc2C(F)(F)F)C1. The number of amides is 2. The lowest BCUT2D eigenvalue weighted by Gasteiger charge is -2.42. The third kappa shape index (κ3) is 5.30. The van der Waals surface area contributed by atoms with Crippen LogP contribution in [0.5, 0.6) is 0 Å². The van der Waals surface area contributed by atoms with E-state index in [-0.39, 0.29) is 24.7 Å².